The molecule has 144 valence electrons. The van der Waals surface area contributed by atoms with E-state index in [1.165, 1.54) is 41.1 Å². The van der Waals surface area contributed by atoms with Crippen molar-refractivity contribution >= 4 is 68.0 Å². The molecule has 2 aromatic carbocycles. The Kier molecular flexibility index (Phi) is 4.85. The van der Waals surface area contributed by atoms with Crippen LogP contribution < -0.4 is 10.6 Å². The molecule has 29 heavy (non-hydrogen) atoms. The van der Waals surface area contributed by atoms with Crippen molar-refractivity contribution in [3.63, 3.8) is 0 Å². The van der Waals surface area contributed by atoms with Gasteiger partial charge < -0.3 is 0 Å². The van der Waals surface area contributed by atoms with Gasteiger partial charge in [0.2, 0.25) is 0 Å². The number of amides is 2. The van der Waals surface area contributed by atoms with Gasteiger partial charge in [-0.15, -0.1) is 0 Å². The highest BCUT2D eigenvalue weighted by Gasteiger charge is 2.26. The van der Waals surface area contributed by atoms with Crippen LogP contribution >= 0.6 is 28.1 Å². The van der Waals surface area contributed by atoms with Crippen molar-refractivity contribution in [3.8, 4) is 0 Å². The SMILES string of the molecule is O=C1NC(=S)NC(=O)C1=Cc1cn(C(=O)c2ccc(F)cc2)c2ccc(Br)cc12. The Labute approximate surface area is 177 Å². The lowest BCUT2D eigenvalue weighted by molar-refractivity contribution is -0.123. The molecule has 9 heteroatoms. The third kappa shape index (κ3) is 3.62. The molecule has 0 unspecified atom stereocenters. The fraction of sp³-hybridized carbons (Fsp3) is 0. The van der Waals surface area contributed by atoms with Crippen LogP contribution in [0.4, 0.5) is 4.39 Å². The Bertz CT molecular complexity index is 1230. The minimum atomic E-state index is -0.625. The molecule has 0 spiro atoms. The number of carbonyl (C=O) groups is 3. The summed E-state index contributed by atoms with van der Waals surface area (Å²) in [4.78, 5) is 37.3. The number of fused-ring (bicyclic) bond motifs is 1. The Balaban J connectivity index is 1.86. The molecule has 1 aliphatic rings. The van der Waals surface area contributed by atoms with Crippen LogP contribution in [0.5, 0.6) is 0 Å². The number of hydrogen-bond acceptors (Lipinski definition) is 4. The molecule has 3 aromatic rings. The zero-order valence-corrected chi connectivity index (χ0v) is 16.9. The normalized spacial score (nSPS) is 14.0. The summed E-state index contributed by atoms with van der Waals surface area (Å²) in [5.41, 5.74) is 1.22. The number of nitrogens with zero attached hydrogens (tertiary/aromatic N) is 1. The molecular formula is C20H11BrFN3O3S. The number of benzene rings is 2. The molecule has 1 aromatic heterocycles. The molecule has 0 saturated carbocycles. The number of hydrogen-bond donors (Lipinski definition) is 2. The van der Waals surface area contributed by atoms with Crippen LogP contribution in [-0.2, 0) is 9.59 Å². The first-order valence-electron chi connectivity index (χ1n) is 8.33. The van der Waals surface area contributed by atoms with Crippen LogP contribution in [0.1, 0.15) is 15.9 Å². The Morgan fingerprint density at radius 2 is 1.72 bits per heavy atom. The number of aromatic nitrogens is 1. The van der Waals surface area contributed by atoms with E-state index >= 15 is 0 Å². The predicted molar refractivity (Wildman–Crippen MR) is 113 cm³/mol. The fourth-order valence-electron chi connectivity index (χ4n) is 3.00. The van der Waals surface area contributed by atoms with E-state index in [-0.39, 0.29) is 16.6 Å². The van der Waals surface area contributed by atoms with Crippen molar-refractivity contribution < 1.29 is 18.8 Å². The lowest BCUT2D eigenvalue weighted by Crippen LogP contribution is -2.51. The van der Waals surface area contributed by atoms with Crippen molar-refractivity contribution in [3.05, 3.63) is 75.7 Å². The zero-order valence-electron chi connectivity index (χ0n) is 14.5. The first kappa shape index (κ1) is 19.2. The lowest BCUT2D eigenvalue weighted by atomic mass is 10.1. The van der Waals surface area contributed by atoms with E-state index in [0.717, 1.165) is 4.47 Å². The van der Waals surface area contributed by atoms with Crippen molar-refractivity contribution in [2.75, 3.05) is 0 Å². The molecule has 4 rings (SSSR count). The number of thiocarbonyl (C=S) groups is 1. The maximum atomic E-state index is 13.2. The van der Waals surface area contributed by atoms with Crippen LogP contribution in [0.25, 0.3) is 17.0 Å². The van der Waals surface area contributed by atoms with E-state index in [2.05, 4.69) is 26.6 Å². The van der Waals surface area contributed by atoms with Gasteiger partial charge in [0.05, 0.1) is 5.52 Å². The molecule has 0 radical (unpaired) electrons. The minimum Gasteiger partial charge on any atom is -0.299 e. The van der Waals surface area contributed by atoms with E-state index in [1.54, 1.807) is 18.2 Å². The smallest absolute Gasteiger partial charge is 0.263 e. The van der Waals surface area contributed by atoms with Gasteiger partial charge in [0.15, 0.2) is 5.11 Å². The summed E-state index contributed by atoms with van der Waals surface area (Å²) in [6.07, 6.45) is 2.93. The molecule has 0 bridgehead atoms. The van der Waals surface area contributed by atoms with Gasteiger partial charge in [-0.2, -0.15) is 0 Å². The van der Waals surface area contributed by atoms with Gasteiger partial charge in [-0.05, 0) is 60.8 Å². The molecular weight excluding hydrogens is 461 g/mol. The number of halogens is 2. The minimum absolute atomic E-state index is 0.0613. The predicted octanol–water partition coefficient (Wildman–Crippen LogP) is 3.15. The van der Waals surface area contributed by atoms with E-state index in [4.69, 9.17) is 12.2 Å². The van der Waals surface area contributed by atoms with Gasteiger partial charge in [0.1, 0.15) is 11.4 Å². The van der Waals surface area contributed by atoms with E-state index in [1.807, 2.05) is 0 Å². The summed E-state index contributed by atoms with van der Waals surface area (Å²) in [5, 5.41) is 5.34. The summed E-state index contributed by atoms with van der Waals surface area (Å²) in [7, 11) is 0. The van der Waals surface area contributed by atoms with Crippen molar-refractivity contribution in [1.29, 1.82) is 0 Å². The molecule has 1 saturated heterocycles. The number of nitrogens with one attached hydrogen (secondary N) is 2. The van der Waals surface area contributed by atoms with Crippen LogP contribution in [0.2, 0.25) is 0 Å². The Hall–Kier alpha value is -3.17. The molecule has 1 aliphatic heterocycles. The first-order valence-corrected chi connectivity index (χ1v) is 9.53. The van der Waals surface area contributed by atoms with E-state index in [9.17, 15) is 18.8 Å². The molecule has 1 fully saturated rings. The lowest BCUT2D eigenvalue weighted by Gasteiger charge is -2.16. The second kappa shape index (κ2) is 7.34. The third-order valence-corrected chi connectivity index (χ3v) is 5.05. The molecule has 2 N–H and O–H groups in total. The molecule has 6 nitrogen and oxygen atoms in total. The first-order chi connectivity index (χ1) is 13.8. The van der Waals surface area contributed by atoms with Crippen molar-refractivity contribution in [1.82, 2.24) is 15.2 Å². The maximum Gasteiger partial charge on any atom is 0.263 e. The summed E-state index contributed by atoms with van der Waals surface area (Å²) in [6, 6.07) is 10.5. The molecule has 0 aliphatic carbocycles. The molecule has 0 atom stereocenters. The highest BCUT2D eigenvalue weighted by Crippen LogP contribution is 2.28. The molecule has 2 amide bonds. The fourth-order valence-corrected chi connectivity index (χ4v) is 3.55. The zero-order chi connectivity index (χ0) is 20.7. The van der Waals surface area contributed by atoms with Gasteiger partial charge in [0.25, 0.3) is 17.7 Å². The van der Waals surface area contributed by atoms with E-state index in [0.29, 0.717) is 22.0 Å². The Morgan fingerprint density at radius 3 is 2.38 bits per heavy atom. The standard InChI is InChI=1S/C20H11BrFN3O3S/c21-12-3-6-16-14(8-12)11(7-15-17(26)23-20(29)24-18(15)27)9-25(16)19(28)10-1-4-13(22)5-2-10/h1-9H,(H2,23,24,26,27,29). The summed E-state index contributed by atoms with van der Waals surface area (Å²) >= 11 is 8.19. The maximum absolute atomic E-state index is 13.2. The van der Waals surface area contributed by atoms with E-state index < -0.39 is 17.6 Å². The van der Waals surface area contributed by atoms with Gasteiger partial charge in [-0.25, -0.2) is 4.39 Å². The second-order valence-corrected chi connectivity index (χ2v) is 7.55. The number of carbonyl (C=O) groups excluding carboxylic acids is 3. The topological polar surface area (TPSA) is 80.2 Å². The highest BCUT2D eigenvalue weighted by molar-refractivity contribution is 9.10. The van der Waals surface area contributed by atoms with Crippen LogP contribution in [0.15, 0.2) is 58.7 Å². The monoisotopic (exact) mass is 471 g/mol. The van der Waals surface area contributed by atoms with Crippen LogP contribution in [0, 0.1) is 5.82 Å². The molecule has 2 heterocycles. The van der Waals surface area contributed by atoms with Crippen LogP contribution in [-0.4, -0.2) is 27.4 Å². The third-order valence-electron chi connectivity index (χ3n) is 4.35. The van der Waals surface area contributed by atoms with Gasteiger partial charge >= 0.3 is 0 Å². The van der Waals surface area contributed by atoms with Crippen molar-refractivity contribution in [2.24, 2.45) is 0 Å². The van der Waals surface area contributed by atoms with Gasteiger partial charge in [-0.1, -0.05) is 15.9 Å². The average molecular weight is 472 g/mol. The highest BCUT2D eigenvalue weighted by atomic mass is 79.9. The average Bonchev–Trinajstić information content (AvgIpc) is 3.02. The van der Waals surface area contributed by atoms with Crippen molar-refractivity contribution in [2.45, 2.75) is 0 Å². The Morgan fingerprint density at radius 1 is 1.07 bits per heavy atom. The second-order valence-electron chi connectivity index (χ2n) is 6.22. The summed E-state index contributed by atoms with van der Waals surface area (Å²) < 4.78 is 15.4. The van der Waals surface area contributed by atoms with Gasteiger partial charge in [-0.3, -0.25) is 29.6 Å². The summed E-state index contributed by atoms with van der Waals surface area (Å²) in [6.45, 7) is 0. The quantitative estimate of drug-likeness (QED) is 0.341. The number of rotatable bonds is 2. The summed E-state index contributed by atoms with van der Waals surface area (Å²) in [5.74, 6) is -2.07. The van der Waals surface area contributed by atoms with Gasteiger partial charge in [0, 0.05) is 27.2 Å². The van der Waals surface area contributed by atoms with Crippen LogP contribution in [0.3, 0.4) is 0 Å². The largest absolute Gasteiger partial charge is 0.299 e.